The molecule has 0 N–H and O–H groups in total. The maximum absolute atomic E-state index is 8.93. The van der Waals surface area contributed by atoms with E-state index in [0.717, 1.165) is 0 Å². The zero-order valence-electron chi connectivity index (χ0n) is 30.4. The molecule has 0 aromatic heterocycles. The van der Waals surface area contributed by atoms with Crippen molar-refractivity contribution in [1.82, 2.24) is 0 Å². The molecular formula is C40H68N2O4. The summed E-state index contributed by atoms with van der Waals surface area (Å²) in [6, 6.07) is 22.2. The van der Waals surface area contributed by atoms with Crippen LogP contribution in [0.2, 0.25) is 0 Å². The predicted octanol–water partition coefficient (Wildman–Crippen LogP) is 7.29. The van der Waals surface area contributed by atoms with Gasteiger partial charge in [-0.25, -0.2) is 0 Å². The van der Waals surface area contributed by atoms with Crippen LogP contribution in [0.4, 0.5) is 0 Å². The Bertz CT molecular complexity index is 872. The van der Waals surface area contributed by atoms with Crippen LogP contribution in [0, 0.1) is 0 Å². The Balaban J connectivity index is 0.000000749. The molecule has 2 rings (SSSR count). The number of hydrogen-bond donors (Lipinski definition) is 0. The first-order chi connectivity index (χ1) is 22.2. The van der Waals surface area contributed by atoms with E-state index in [-0.39, 0.29) is 0 Å². The molecule has 0 unspecified atom stereocenters. The maximum atomic E-state index is 8.93. The van der Waals surface area contributed by atoms with Gasteiger partial charge in [-0.1, -0.05) is 141 Å². The molecule has 0 fully saturated rings. The quantitative estimate of drug-likeness (QED) is 0.1000. The minimum Gasteiger partial charge on any atom is -0.543 e. The van der Waals surface area contributed by atoms with Gasteiger partial charge in [0.25, 0.3) is 0 Å². The molecule has 0 amide bonds. The molecule has 0 aliphatic heterocycles. The van der Waals surface area contributed by atoms with E-state index < -0.39 is 11.9 Å². The first-order valence-corrected chi connectivity index (χ1v) is 18.4. The number of carbonyl (C=O) groups is 2. The molecule has 0 spiro atoms. The number of carbonyl (C=O) groups excluding carboxylic acids is 2. The Hall–Kier alpha value is -2.70. The largest absolute Gasteiger partial charge is 0.543 e. The van der Waals surface area contributed by atoms with Crippen LogP contribution in [-0.2, 0) is 22.7 Å². The van der Waals surface area contributed by atoms with E-state index in [1.807, 2.05) is 0 Å². The minimum atomic E-state index is -2.19. The van der Waals surface area contributed by atoms with Crippen molar-refractivity contribution in [3.63, 3.8) is 0 Å². The van der Waals surface area contributed by atoms with Gasteiger partial charge in [0, 0.05) is 11.1 Å². The average Bonchev–Trinajstić information content (AvgIpc) is 3.07. The van der Waals surface area contributed by atoms with Crippen molar-refractivity contribution in [2.45, 2.75) is 132 Å². The summed E-state index contributed by atoms with van der Waals surface area (Å²) in [4.78, 5) is 17.9. The highest BCUT2D eigenvalue weighted by molar-refractivity contribution is 6.25. The van der Waals surface area contributed by atoms with E-state index in [0.29, 0.717) is 0 Å². The Kier molecular flexibility index (Phi) is 25.8. The van der Waals surface area contributed by atoms with Crippen LogP contribution in [0.3, 0.4) is 0 Å². The summed E-state index contributed by atoms with van der Waals surface area (Å²) in [5.74, 6) is -4.37. The van der Waals surface area contributed by atoms with Gasteiger partial charge in [0.1, 0.15) is 13.1 Å². The summed E-state index contributed by atoms with van der Waals surface area (Å²) in [7, 11) is 0. The molecule has 6 nitrogen and oxygen atoms in total. The molecule has 0 saturated heterocycles. The fourth-order valence-corrected chi connectivity index (χ4v) is 6.05. The Morgan fingerprint density at radius 3 is 0.826 bits per heavy atom. The van der Waals surface area contributed by atoms with Crippen molar-refractivity contribution in [2.75, 3.05) is 39.3 Å². The molecule has 0 atom stereocenters. The second kappa shape index (κ2) is 27.4. The van der Waals surface area contributed by atoms with Gasteiger partial charge in [-0.05, 0) is 38.5 Å². The van der Waals surface area contributed by atoms with E-state index in [1.165, 1.54) is 150 Å². The number of aliphatic carboxylic acids is 2. The number of nitrogens with zero attached hydrogens (tertiary/aromatic N) is 2. The van der Waals surface area contributed by atoms with E-state index in [9.17, 15) is 0 Å². The fourth-order valence-electron chi connectivity index (χ4n) is 6.05. The van der Waals surface area contributed by atoms with E-state index in [1.54, 1.807) is 0 Å². The lowest BCUT2D eigenvalue weighted by Gasteiger charge is -2.39. The summed E-state index contributed by atoms with van der Waals surface area (Å²) < 4.78 is 2.61. The molecule has 262 valence electrons. The average molecular weight is 641 g/mol. The normalized spacial score (nSPS) is 11.2. The number of quaternary nitrogens is 2. The van der Waals surface area contributed by atoms with Crippen LogP contribution in [-0.4, -0.2) is 60.2 Å². The molecule has 0 aliphatic rings. The third-order valence-corrected chi connectivity index (χ3v) is 8.80. The molecule has 0 aliphatic carbocycles. The lowest BCUT2D eigenvalue weighted by atomic mass is 10.1. The minimum absolute atomic E-state index is 1.22. The van der Waals surface area contributed by atoms with Gasteiger partial charge in [-0.2, -0.15) is 0 Å². The maximum Gasteiger partial charge on any atom is 0.104 e. The zero-order chi connectivity index (χ0) is 34.5. The summed E-state index contributed by atoms with van der Waals surface area (Å²) in [6.07, 6.45) is 16.0. The van der Waals surface area contributed by atoms with Gasteiger partial charge in [0.2, 0.25) is 0 Å². The molecule has 46 heavy (non-hydrogen) atoms. The van der Waals surface area contributed by atoms with E-state index >= 15 is 0 Å². The predicted molar refractivity (Wildman–Crippen MR) is 189 cm³/mol. The first kappa shape index (κ1) is 43.3. The standard InChI is InChI=1S/2C19H34N.C2H2O4/c2*1-4-7-15-20(16-8-5-2,17-9-6-3)18-19-13-11-10-12-14-19;3-1(4)2(5)6/h2*10-14H,4-9,15-18H2,1-3H3;(H,3,4)(H,5,6)/q2*+1;/p-2. The van der Waals surface area contributed by atoms with Crippen molar-refractivity contribution >= 4 is 11.9 Å². The second-order valence-electron chi connectivity index (χ2n) is 13.0. The van der Waals surface area contributed by atoms with Crippen LogP contribution in [0.25, 0.3) is 0 Å². The van der Waals surface area contributed by atoms with Crippen LogP contribution in [0.1, 0.15) is 130 Å². The lowest BCUT2D eigenvalue weighted by molar-refractivity contribution is -0.941. The third-order valence-electron chi connectivity index (χ3n) is 8.80. The second-order valence-corrected chi connectivity index (χ2v) is 13.0. The fraction of sp³-hybridized carbons (Fsp3) is 0.650. The summed E-state index contributed by atoms with van der Waals surface area (Å²) in [6.45, 7) is 24.5. The van der Waals surface area contributed by atoms with Crippen molar-refractivity contribution in [2.24, 2.45) is 0 Å². The summed E-state index contributed by atoms with van der Waals surface area (Å²) in [5, 5.41) is 17.9. The Morgan fingerprint density at radius 2 is 0.652 bits per heavy atom. The highest BCUT2D eigenvalue weighted by atomic mass is 16.4. The Morgan fingerprint density at radius 1 is 0.435 bits per heavy atom. The number of rotatable bonds is 22. The number of carboxylic acids is 2. The summed E-state index contributed by atoms with van der Waals surface area (Å²) in [5.41, 5.74) is 3.02. The van der Waals surface area contributed by atoms with Crippen molar-refractivity contribution < 1.29 is 28.8 Å². The van der Waals surface area contributed by atoms with Gasteiger partial charge in [0.15, 0.2) is 0 Å². The van der Waals surface area contributed by atoms with Crippen molar-refractivity contribution in [3.05, 3.63) is 71.8 Å². The number of benzene rings is 2. The third kappa shape index (κ3) is 20.4. The van der Waals surface area contributed by atoms with Gasteiger partial charge < -0.3 is 28.8 Å². The molecule has 0 radical (unpaired) electrons. The smallest absolute Gasteiger partial charge is 0.104 e. The molecule has 0 bridgehead atoms. The highest BCUT2D eigenvalue weighted by Gasteiger charge is 2.27. The number of hydrogen-bond acceptors (Lipinski definition) is 4. The van der Waals surface area contributed by atoms with Gasteiger partial charge >= 0.3 is 0 Å². The van der Waals surface area contributed by atoms with Crippen molar-refractivity contribution in [3.8, 4) is 0 Å². The van der Waals surface area contributed by atoms with Crippen LogP contribution < -0.4 is 10.2 Å². The molecule has 2 aromatic rings. The topological polar surface area (TPSA) is 80.3 Å². The van der Waals surface area contributed by atoms with Crippen LogP contribution in [0.5, 0.6) is 0 Å². The first-order valence-electron chi connectivity index (χ1n) is 18.4. The molecule has 0 saturated carbocycles. The number of unbranched alkanes of at least 4 members (excludes halogenated alkanes) is 6. The molecule has 6 heteroatoms. The van der Waals surface area contributed by atoms with Gasteiger partial charge in [-0.3, -0.25) is 0 Å². The monoisotopic (exact) mass is 641 g/mol. The zero-order valence-corrected chi connectivity index (χ0v) is 30.4. The van der Waals surface area contributed by atoms with E-state index in [4.69, 9.17) is 19.8 Å². The van der Waals surface area contributed by atoms with Gasteiger partial charge in [0.05, 0.1) is 51.2 Å². The highest BCUT2D eigenvalue weighted by Crippen LogP contribution is 2.21. The van der Waals surface area contributed by atoms with E-state index in [2.05, 4.69) is 102 Å². The Labute approximate surface area is 283 Å². The van der Waals surface area contributed by atoms with Crippen LogP contribution >= 0.6 is 0 Å². The number of carboxylic acid groups (broad SMARTS) is 2. The summed E-state index contributed by atoms with van der Waals surface area (Å²) >= 11 is 0. The van der Waals surface area contributed by atoms with Gasteiger partial charge in [-0.15, -0.1) is 0 Å². The molecular weight excluding hydrogens is 572 g/mol. The lowest BCUT2D eigenvalue weighted by Crippen LogP contribution is -2.49. The van der Waals surface area contributed by atoms with Crippen LogP contribution in [0.15, 0.2) is 60.7 Å². The molecule has 2 aromatic carbocycles. The molecule has 0 heterocycles. The van der Waals surface area contributed by atoms with Crippen molar-refractivity contribution in [1.29, 1.82) is 0 Å². The SMILES string of the molecule is CCCC[N+](CCCC)(CCCC)Cc1ccccc1.CCCC[N+](CCCC)(CCCC)Cc1ccccc1.O=C([O-])C(=O)[O-].